The molecular formula is C24H27F2N7O3. The maximum absolute atomic E-state index is 12.7. The monoisotopic (exact) mass is 499 g/mol. The van der Waals surface area contributed by atoms with Crippen molar-refractivity contribution >= 4 is 23.5 Å². The highest BCUT2D eigenvalue weighted by atomic mass is 19.3. The van der Waals surface area contributed by atoms with Crippen molar-refractivity contribution in [1.29, 1.82) is 0 Å². The average molecular weight is 500 g/mol. The van der Waals surface area contributed by atoms with Gasteiger partial charge >= 0.3 is 6.43 Å². The van der Waals surface area contributed by atoms with Crippen molar-refractivity contribution in [2.24, 2.45) is 0 Å². The Morgan fingerprint density at radius 2 is 1.97 bits per heavy atom. The van der Waals surface area contributed by atoms with E-state index in [0.29, 0.717) is 25.3 Å². The van der Waals surface area contributed by atoms with Gasteiger partial charge in [-0.2, -0.15) is 8.78 Å². The molecule has 0 aliphatic carbocycles. The highest BCUT2D eigenvalue weighted by Gasteiger charge is 2.29. The summed E-state index contributed by atoms with van der Waals surface area (Å²) in [7, 11) is 1.94. The fraction of sp³-hybridized carbons (Fsp3) is 0.417. The summed E-state index contributed by atoms with van der Waals surface area (Å²) in [5.74, 6) is -0.727. The van der Waals surface area contributed by atoms with E-state index in [-0.39, 0.29) is 11.9 Å². The summed E-state index contributed by atoms with van der Waals surface area (Å²) in [6.45, 7) is 5.10. The summed E-state index contributed by atoms with van der Waals surface area (Å²) < 4.78 is 35.8. The molecule has 2 aromatic heterocycles. The number of hydrogen-bond acceptors (Lipinski definition) is 9. The molecule has 1 amide bonds. The quantitative estimate of drug-likeness (QED) is 0.445. The van der Waals surface area contributed by atoms with Crippen molar-refractivity contribution in [3.8, 4) is 11.5 Å². The van der Waals surface area contributed by atoms with Crippen LogP contribution in [0.4, 0.5) is 25.8 Å². The third-order valence-electron chi connectivity index (χ3n) is 6.36. The molecule has 36 heavy (non-hydrogen) atoms. The standard InChI is InChI=1S/C24H27F2N7O3/c1-31(12-17-3-2-16(11-28-17)23-29-30-24(36-23)22(25)26)20-5-4-18(32-8-6-27-7-9-32)10-21(20)33(15-34)19-13-35-14-19/h2-5,10-11,15,19,22,27H,6-9,12-14H2,1H3. The molecule has 2 saturated heterocycles. The first-order valence-corrected chi connectivity index (χ1v) is 11.7. The molecular weight excluding hydrogens is 472 g/mol. The molecule has 1 aromatic carbocycles. The first-order valence-electron chi connectivity index (χ1n) is 11.7. The van der Waals surface area contributed by atoms with Gasteiger partial charge in [-0.25, -0.2) is 0 Å². The number of carbonyl (C=O) groups is 1. The van der Waals surface area contributed by atoms with E-state index in [1.165, 1.54) is 6.20 Å². The minimum atomic E-state index is -2.82. The van der Waals surface area contributed by atoms with Crippen LogP contribution < -0.4 is 20.0 Å². The number of nitrogens with zero attached hydrogens (tertiary/aromatic N) is 6. The third kappa shape index (κ3) is 5.00. The zero-order chi connectivity index (χ0) is 25.1. The Labute approximate surface area is 206 Å². The van der Waals surface area contributed by atoms with Gasteiger partial charge in [0.15, 0.2) is 0 Å². The Balaban J connectivity index is 1.37. The fourth-order valence-corrected chi connectivity index (χ4v) is 4.30. The van der Waals surface area contributed by atoms with E-state index in [2.05, 4.69) is 37.5 Å². The number of alkyl halides is 2. The van der Waals surface area contributed by atoms with Gasteiger partial charge in [-0.15, -0.1) is 10.2 Å². The number of nitrogens with one attached hydrogen (secondary N) is 1. The van der Waals surface area contributed by atoms with Crippen molar-refractivity contribution in [1.82, 2.24) is 20.5 Å². The second-order valence-corrected chi connectivity index (χ2v) is 8.75. The van der Waals surface area contributed by atoms with Crippen LogP contribution >= 0.6 is 0 Å². The summed E-state index contributed by atoms with van der Waals surface area (Å²) in [5, 5.41) is 10.4. The second-order valence-electron chi connectivity index (χ2n) is 8.75. The van der Waals surface area contributed by atoms with Crippen LogP contribution in [0.2, 0.25) is 0 Å². The molecule has 1 N–H and O–H groups in total. The number of piperazine rings is 1. The van der Waals surface area contributed by atoms with Gasteiger partial charge in [-0.1, -0.05) is 0 Å². The van der Waals surface area contributed by atoms with Crippen LogP contribution in [-0.2, 0) is 16.1 Å². The first-order chi connectivity index (χ1) is 17.5. The van der Waals surface area contributed by atoms with E-state index >= 15 is 0 Å². The van der Waals surface area contributed by atoms with Crippen molar-refractivity contribution < 1.29 is 22.7 Å². The van der Waals surface area contributed by atoms with Gasteiger partial charge in [0.05, 0.1) is 48.4 Å². The zero-order valence-corrected chi connectivity index (χ0v) is 19.8. The molecule has 190 valence electrons. The molecule has 12 heteroatoms. The van der Waals surface area contributed by atoms with Crippen LogP contribution in [0.1, 0.15) is 18.0 Å². The Morgan fingerprint density at radius 3 is 2.58 bits per heavy atom. The van der Waals surface area contributed by atoms with Crippen molar-refractivity contribution in [3.05, 3.63) is 48.1 Å². The molecule has 2 aliphatic heterocycles. The number of anilines is 3. The molecule has 0 bridgehead atoms. The lowest BCUT2D eigenvalue weighted by atomic mass is 10.1. The maximum atomic E-state index is 12.7. The number of ether oxygens (including phenoxy) is 1. The second kappa shape index (κ2) is 10.5. The Kier molecular flexibility index (Phi) is 7.05. The van der Waals surface area contributed by atoms with Crippen LogP contribution in [0.25, 0.3) is 11.5 Å². The van der Waals surface area contributed by atoms with Gasteiger partial charge in [0, 0.05) is 45.1 Å². The van der Waals surface area contributed by atoms with E-state index in [4.69, 9.17) is 9.15 Å². The topological polar surface area (TPSA) is 99.9 Å². The third-order valence-corrected chi connectivity index (χ3v) is 6.36. The van der Waals surface area contributed by atoms with Gasteiger partial charge < -0.3 is 29.2 Å². The van der Waals surface area contributed by atoms with Crippen LogP contribution in [0.15, 0.2) is 40.9 Å². The molecule has 2 fully saturated rings. The highest BCUT2D eigenvalue weighted by molar-refractivity contribution is 5.87. The van der Waals surface area contributed by atoms with E-state index in [0.717, 1.165) is 55.3 Å². The molecule has 3 aromatic rings. The van der Waals surface area contributed by atoms with Crippen LogP contribution in [0.5, 0.6) is 0 Å². The van der Waals surface area contributed by atoms with Crippen molar-refractivity contribution in [3.63, 3.8) is 0 Å². The highest BCUT2D eigenvalue weighted by Crippen LogP contribution is 2.35. The number of halogens is 2. The first kappa shape index (κ1) is 24.1. The number of hydrogen-bond donors (Lipinski definition) is 1. The minimum absolute atomic E-state index is 0.00198. The molecule has 0 unspecified atom stereocenters. The summed E-state index contributed by atoms with van der Waals surface area (Å²) in [6, 6.07) is 9.66. The molecule has 4 heterocycles. The molecule has 5 rings (SSSR count). The van der Waals surface area contributed by atoms with E-state index in [1.54, 1.807) is 17.0 Å². The fourth-order valence-electron chi connectivity index (χ4n) is 4.30. The Bertz CT molecular complexity index is 1180. The van der Waals surface area contributed by atoms with Crippen molar-refractivity contribution in [2.45, 2.75) is 19.0 Å². The van der Waals surface area contributed by atoms with Gasteiger partial charge in [0.2, 0.25) is 12.3 Å². The minimum Gasteiger partial charge on any atom is -0.415 e. The Hall–Kier alpha value is -3.64. The summed E-state index contributed by atoms with van der Waals surface area (Å²) in [6.07, 6.45) is -0.437. The van der Waals surface area contributed by atoms with Gasteiger partial charge in [-0.05, 0) is 30.3 Å². The predicted octanol–water partition coefficient (Wildman–Crippen LogP) is 2.48. The summed E-state index contributed by atoms with van der Waals surface area (Å²) >= 11 is 0. The number of rotatable bonds is 9. The van der Waals surface area contributed by atoms with Gasteiger partial charge in [0.1, 0.15) is 0 Å². The number of benzene rings is 1. The van der Waals surface area contributed by atoms with Crippen molar-refractivity contribution in [2.75, 3.05) is 61.1 Å². The molecule has 0 spiro atoms. The zero-order valence-electron chi connectivity index (χ0n) is 19.8. The largest absolute Gasteiger partial charge is 0.415 e. The van der Waals surface area contributed by atoms with Gasteiger partial charge in [0.25, 0.3) is 5.89 Å². The van der Waals surface area contributed by atoms with E-state index in [1.807, 2.05) is 18.0 Å². The molecule has 0 atom stereocenters. The Morgan fingerprint density at radius 1 is 1.17 bits per heavy atom. The lowest BCUT2D eigenvalue weighted by Crippen LogP contribution is -2.49. The lowest BCUT2D eigenvalue weighted by molar-refractivity contribution is -0.110. The molecule has 2 aliphatic rings. The average Bonchev–Trinajstić information content (AvgIpc) is 3.37. The van der Waals surface area contributed by atoms with E-state index < -0.39 is 12.3 Å². The summed E-state index contributed by atoms with van der Waals surface area (Å²) in [5.41, 5.74) is 3.98. The van der Waals surface area contributed by atoms with Gasteiger partial charge in [-0.3, -0.25) is 9.78 Å². The molecule has 0 radical (unpaired) electrons. The molecule has 0 saturated carbocycles. The van der Waals surface area contributed by atoms with Crippen LogP contribution in [0.3, 0.4) is 0 Å². The number of aromatic nitrogens is 3. The lowest BCUT2D eigenvalue weighted by Gasteiger charge is -2.38. The molecule has 10 nitrogen and oxygen atoms in total. The smallest absolute Gasteiger partial charge is 0.314 e. The van der Waals surface area contributed by atoms with Crippen LogP contribution in [-0.4, -0.2) is 74.1 Å². The normalized spacial score (nSPS) is 16.2. The number of carbonyl (C=O) groups excluding carboxylic acids is 1. The summed E-state index contributed by atoms with van der Waals surface area (Å²) in [4.78, 5) is 22.6. The predicted molar refractivity (Wildman–Crippen MR) is 129 cm³/mol. The van der Waals surface area contributed by atoms with E-state index in [9.17, 15) is 13.6 Å². The number of pyridine rings is 1. The number of amides is 1. The maximum Gasteiger partial charge on any atom is 0.314 e. The SMILES string of the molecule is CN(Cc1ccc(-c2nnc(C(F)F)o2)cn1)c1ccc(N2CCNCC2)cc1N(C=O)C1COC1. The van der Waals surface area contributed by atoms with Crippen LogP contribution in [0, 0.1) is 0 Å².